The first-order chi connectivity index (χ1) is 29.0. The average Bonchev–Trinajstić information content (AvgIpc) is 3.83. The van der Waals surface area contributed by atoms with E-state index in [-0.39, 0.29) is 0 Å². The summed E-state index contributed by atoms with van der Waals surface area (Å²) in [4.78, 5) is 0. The fraction of sp³-hybridized carbons (Fsp3) is 0. The van der Waals surface area contributed by atoms with Crippen molar-refractivity contribution in [3.63, 3.8) is 0 Å². The number of benzene rings is 9. The smallest absolute Gasteiger partial charge is 0.141 e. The predicted molar refractivity (Wildman–Crippen MR) is 261 cm³/mol. The first kappa shape index (κ1) is 35.0. The molecule has 0 saturated heterocycles. The molecule has 0 aliphatic carbocycles. The molecule has 2 aromatic heterocycles. The van der Waals surface area contributed by atoms with E-state index in [9.17, 15) is 0 Å². The van der Waals surface area contributed by atoms with Gasteiger partial charge in [-0.25, -0.2) is 0 Å². The minimum atomic E-state index is 1.16. The molecule has 0 aliphatic rings. The first-order valence-corrected chi connectivity index (χ1v) is 20.5. The van der Waals surface area contributed by atoms with Crippen LogP contribution >= 0.6 is 0 Å². The molecule has 2 nitrogen and oxygen atoms in total. The van der Waals surface area contributed by atoms with Crippen LogP contribution in [0.4, 0.5) is 0 Å². The zero-order chi connectivity index (χ0) is 39.6. The Kier molecular flexibility index (Phi) is 8.30. The van der Waals surface area contributed by atoms with E-state index in [1.165, 1.54) is 110 Å². The van der Waals surface area contributed by atoms with Crippen molar-refractivity contribution in [3.05, 3.63) is 200 Å². The minimum Gasteiger partial charge on any atom is -0.310 e. The van der Waals surface area contributed by atoms with Gasteiger partial charge in [-0.1, -0.05) is 162 Å². The number of hydrogen-bond donors (Lipinski definition) is 0. The molecule has 274 valence electrons. The third-order valence-corrected chi connectivity index (χ3v) is 12.5. The van der Waals surface area contributed by atoms with Crippen LogP contribution in [0.2, 0.25) is 0 Å². The molecule has 0 fully saturated rings. The number of aromatic nitrogens is 2. The number of rotatable bonds is 6. The fourth-order valence-corrected chi connectivity index (χ4v) is 9.69. The SMILES string of the molecule is Bc1c(-c2ccc3c(c2)c2ccccc2n3-c2ccccc2)c(B)c2c3c(-c4ccccc4)cccc3n(-c3ccc(-c4cccc(-c5ccccc5)c4)cc3)c2c1B. The van der Waals surface area contributed by atoms with Gasteiger partial charge in [-0.05, 0) is 99.1 Å². The van der Waals surface area contributed by atoms with Crippen LogP contribution in [0.25, 0.3) is 99.5 Å². The number of fused-ring (bicyclic) bond motifs is 6. The highest BCUT2D eigenvalue weighted by Gasteiger charge is 2.24. The third-order valence-electron chi connectivity index (χ3n) is 12.5. The molecule has 11 rings (SSSR count). The quantitative estimate of drug-likeness (QED) is 0.150. The zero-order valence-corrected chi connectivity index (χ0v) is 33.4. The maximum Gasteiger partial charge on any atom is 0.141 e. The Morgan fingerprint density at radius 3 is 1.58 bits per heavy atom. The Bertz CT molecular complexity index is 3390. The topological polar surface area (TPSA) is 9.86 Å². The van der Waals surface area contributed by atoms with Gasteiger partial charge in [0.1, 0.15) is 23.5 Å². The molecule has 0 unspecified atom stereocenters. The van der Waals surface area contributed by atoms with Gasteiger partial charge < -0.3 is 9.13 Å². The standard InChI is InChI=1S/C54H39B3N2/c55-51-48(39-28-31-46-44(33-39)43-22-10-11-24-45(43)58(46)40-20-8-3-9-21-40)52(56)53(57)54-50(51)49-42(36-16-6-2-7-17-36)23-13-25-47(49)59(54)41-29-26-35(27-30-41)38-19-12-18-37(32-38)34-14-4-1-5-15-34/h1-33H,55-57H2. The van der Waals surface area contributed by atoms with Gasteiger partial charge in [0.15, 0.2) is 0 Å². The summed E-state index contributed by atoms with van der Waals surface area (Å²) in [5.74, 6) is 0. The molecular formula is C54H39B3N2. The van der Waals surface area contributed by atoms with Gasteiger partial charge >= 0.3 is 0 Å². The van der Waals surface area contributed by atoms with E-state index in [0.29, 0.717) is 0 Å². The number of hydrogen-bond acceptors (Lipinski definition) is 0. The Balaban J connectivity index is 1.14. The highest BCUT2D eigenvalue weighted by atomic mass is 15.0. The first-order valence-electron chi connectivity index (χ1n) is 20.5. The van der Waals surface area contributed by atoms with Gasteiger partial charge in [-0.15, -0.1) is 0 Å². The fourth-order valence-electron chi connectivity index (χ4n) is 9.69. The molecule has 0 spiro atoms. The van der Waals surface area contributed by atoms with Crippen LogP contribution < -0.4 is 16.4 Å². The Morgan fingerprint density at radius 1 is 0.305 bits per heavy atom. The molecule has 0 aliphatic heterocycles. The summed E-state index contributed by atoms with van der Waals surface area (Å²) in [6, 6.07) is 73.0. The summed E-state index contributed by atoms with van der Waals surface area (Å²) in [7, 11) is 6.98. The van der Waals surface area contributed by atoms with Gasteiger partial charge in [0, 0.05) is 38.4 Å². The second-order valence-corrected chi connectivity index (χ2v) is 15.8. The van der Waals surface area contributed by atoms with E-state index < -0.39 is 0 Å². The van der Waals surface area contributed by atoms with Gasteiger partial charge in [-0.3, -0.25) is 0 Å². The van der Waals surface area contributed by atoms with Crippen LogP contribution in [0.5, 0.6) is 0 Å². The normalized spacial score (nSPS) is 11.6. The van der Waals surface area contributed by atoms with E-state index >= 15 is 0 Å². The Hall–Kier alpha value is -7.23. The molecule has 0 saturated carbocycles. The summed E-state index contributed by atoms with van der Waals surface area (Å²) in [6.45, 7) is 0. The lowest BCUT2D eigenvalue weighted by Crippen LogP contribution is -2.35. The molecule has 2 heterocycles. The Labute approximate surface area is 347 Å². The maximum absolute atomic E-state index is 2.51. The average molecular weight is 748 g/mol. The molecule has 0 bridgehead atoms. The van der Waals surface area contributed by atoms with E-state index in [2.05, 4.69) is 233 Å². The zero-order valence-electron chi connectivity index (χ0n) is 33.4. The molecule has 0 amide bonds. The minimum absolute atomic E-state index is 1.16. The van der Waals surface area contributed by atoms with Gasteiger partial charge in [0.05, 0.1) is 16.6 Å². The summed E-state index contributed by atoms with van der Waals surface area (Å²) in [6.07, 6.45) is 0. The molecule has 0 radical (unpaired) electrons. The monoisotopic (exact) mass is 748 g/mol. The molecule has 5 heteroatoms. The predicted octanol–water partition coefficient (Wildman–Crippen LogP) is 9.32. The molecule has 9 aromatic carbocycles. The van der Waals surface area contributed by atoms with E-state index in [4.69, 9.17) is 0 Å². The number of nitrogens with zero attached hydrogens (tertiary/aromatic N) is 2. The van der Waals surface area contributed by atoms with Gasteiger partial charge in [0.2, 0.25) is 0 Å². The van der Waals surface area contributed by atoms with Crippen LogP contribution in [0.1, 0.15) is 0 Å². The lowest BCUT2D eigenvalue weighted by Gasteiger charge is -2.19. The van der Waals surface area contributed by atoms with E-state index in [1.807, 2.05) is 0 Å². The van der Waals surface area contributed by atoms with Crippen molar-refractivity contribution in [2.24, 2.45) is 0 Å². The number of para-hydroxylation sites is 2. The van der Waals surface area contributed by atoms with Crippen molar-refractivity contribution in [2.45, 2.75) is 0 Å². The van der Waals surface area contributed by atoms with Gasteiger partial charge in [0.25, 0.3) is 0 Å². The van der Waals surface area contributed by atoms with Crippen LogP contribution in [-0.2, 0) is 0 Å². The van der Waals surface area contributed by atoms with E-state index in [0.717, 1.165) is 5.69 Å². The Morgan fingerprint density at radius 2 is 0.847 bits per heavy atom. The van der Waals surface area contributed by atoms with E-state index in [1.54, 1.807) is 0 Å². The molecule has 59 heavy (non-hydrogen) atoms. The van der Waals surface area contributed by atoms with Crippen molar-refractivity contribution in [2.75, 3.05) is 0 Å². The summed E-state index contributed by atoms with van der Waals surface area (Å²) in [5.41, 5.74) is 21.0. The summed E-state index contributed by atoms with van der Waals surface area (Å²) >= 11 is 0. The largest absolute Gasteiger partial charge is 0.310 e. The second kappa shape index (κ2) is 14.0. The maximum atomic E-state index is 2.51. The third kappa shape index (κ3) is 5.61. The van der Waals surface area contributed by atoms with Crippen molar-refractivity contribution in [3.8, 4) is 55.9 Å². The van der Waals surface area contributed by atoms with Crippen LogP contribution in [0, 0.1) is 0 Å². The molecule has 11 aromatic rings. The van der Waals surface area contributed by atoms with Crippen molar-refractivity contribution in [1.29, 1.82) is 0 Å². The van der Waals surface area contributed by atoms with Crippen molar-refractivity contribution in [1.82, 2.24) is 9.13 Å². The van der Waals surface area contributed by atoms with Crippen LogP contribution in [-0.4, -0.2) is 32.7 Å². The lowest BCUT2D eigenvalue weighted by atomic mass is 9.69. The summed E-state index contributed by atoms with van der Waals surface area (Å²) in [5, 5.41) is 5.13. The molecule has 0 N–H and O–H groups in total. The second-order valence-electron chi connectivity index (χ2n) is 15.8. The van der Waals surface area contributed by atoms with Crippen molar-refractivity contribution >= 4 is 83.5 Å². The lowest BCUT2D eigenvalue weighted by molar-refractivity contribution is 1.18. The summed E-state index contributed by atoms with van der Waals surface area (Å²) < 4.78 is 4.91. The molecule has 0 atom stereocenters. The van der Waals surface area contributed by atoms with Crippen molar-refractivity contribution < 1.29 is 0 Å². The highest BCUT2D eigenvalue weighted by Crippen LogP contribution is 2.40. The van der Waals surface area contributed by atoms with Gasteiger partial charge in [-0.2, -0.15) is 0 Å². The van der Waals surface area contributed by atoms with Crippen LogP contribution in [0.15, 0.2) is 200 Å². The highest BCUT2D eigenvalue weighted by molar-refractivity contribution is 6.60. The van der Waals surface area contributed by atoms with Crippen LogP contribution in [0.3, 0.4) is 0 Å². The molecular weight excluding hydrogens is 709 g/mol.